The average Bonchev–Trinajstić information content (AvgIpc) is 2.30. The summed E-state index contributed by atoms with van der Waals surface area (Å²) in [5.74, 6) is -0.627. The van der Waals surface area contributed by atoms with E-state index in [9.17, 15) is 9.18 Å². The van der Waals surface area contributed by atoms with E-state index in [1.807, 2.05) is 0 Å². The minimum atomic E-state index is -2.04. The maximum absolute atomic E-state index is 13.3. The second kappa shape index (κ2) is 8.94. The van der Waals surface area contributed by atoms with Crippen LogP contribution in [0.25, 0.3) is 0 Å². The van der Waals surface area contributed by atoms with Gasteiger partial charge in [-0.15, -0.1) is 0 Å². The Balaban J connectivity index is 2.78. The number of halogens is 3. The molecule has 3 nitrogen and oxygen atoms in total. The molecule has 7 heteroatoms. The van der Waals surface area contributed by atoms with Crippen LogP contribution in [-0.4, -0.2) is 35.2 Å². The molecule has 0 atom stereocenters. The Morgan fingerprint density at radius 1 is 1.48 bits per heavy atom. The number of esters is 1. The zero-order chi connectivity index (χ0) is 16.0. The van der Waals surface area contributed by atoms with Crippen LogP contribution in [-0.2, 0) is 29.6 Å². The zero-order valence-corrected chi connectivity index (χ0v) is 15.3. The molecule has 0 aliphatic rings. The van der Waals surface area contributed by atoms with E-state index < -0.39 is 13.5 Å². The normalized spacial score (nSPS) is 11.7. The Hall–Kier alpha value is -0.347. The maximum atomic E-state index is 13.3. The average molecular weight is 423 g/mol. The molecule has 1 rings (SSSR count). The summed E-state index contributed by atoms with van der Waals surface area (Å²) < 4.78 is 20.1. The van der Waals surface area contributed by atoms with Gasteiger partial charge in [-0.3, -0.25) is 0 Å². The van der Waals surface area contributed by atoms with Gasteiger partial charge in [0.15, 0.2) is 0 Å². The summed E-state index contributed by atoms with van der Waals surface area (Å²) in [5.41, 5.74) is 1.55. The predicted octanol–water partition coefficient (Wildman–Crippen LogP) is 3.29. The van der Waals surface area contributed by atoms with Gasteiger partial charge >= 0.3 is 138 Å². The molecule has 0 bridgehead atoms. The van der Waals surface area contributed by atoms with E-state index in [1.165, 1.54) is 12.1 Å². The number of carbonyl (C=O) groups is 1. The Morgan fingerprint density at radius 3 is 2.71 bits per heavy atom. The summed E-state index contributed by atoms with van der Waals surface area (Å²) in [6.45, 7) is 4.25. The van der Waals surface area contributed by atoms with Gasteiger partial charge in [-0.05, 0) is 0 Å². The summed E-state index contributed by atoms with van der Waals surface area (Å²) in [6.07, 6.45) is -0.139. The van der Waals surface area contributed by atoms with Crippen LogP contribution in [0.15, 0.2) is 18.2 Å². The third-order valence-corrected chi connectivity index (χ3v) is 4.33. The Labute approximate surface area is 137 Å². The number of benzene rings is 1. The van der Waals surface area contributed by atoms with Crippen LogP contribution in [0.1, 0.15) is 25.0 Å². The van der Waals surface area contributed by atoms with Crippen LogP contribution in [0.5, 0.6) is 0 Å². The molecule has 1 aromatic rings. The van der Waals surface area contributed by atoms with Gasteiger partial charge in [-0.2, -0.15) is 0 Å². The van der Waals surface area contributed by atoms with E-state index >= 15 is 0 Å². The minimum absolute atomic E-state index is 0.139. The quantitative estimate of drug-likeness (QED) is 0.520. The number of hydrogen-bond donors (Lipinski definition) is 0. The number of hydrogen-bond acceptors (Lipinski definition) is 3. The number of likely N-dealkylation sites (N-methyl/N-ethyl adjacent to an activating group) is 1. The third-order valence-electron chi connectivity index (χ3n) is 2.50. The second-order valence-electron chi connectivity index (χ2n) is 4.86. The Morgan fingerprint density at radius 2 is 2.14 bits per heavy atom. The molecule has 0 saturated carbocycles. The van der Waals surface area contributed by atoms with E-state index in [-0.39, 0.29) is 24.4 Å². The van der Waals surface area contributed by atoms with Gasteiger partial charge in [-0.25, -0.2) is 0 Å². The summed E-state index contributed by atoms with van der Waals surface area (Å²) in [5, 5.41) is 0. The molecule has 0 unspecified atom stereocenters. The monoisotopic (exact) mass is 423 g/mol. The molecular formula is C14H18Cl2FNO2Ru. The number of carbonyl (C=O) groups excluding carboxylic acids is 1. The molecule has 0 amide bonds. The Kier molecular flexibility index (Phi) is 7.96. The van der Waals surface area contributed by atoms with Crippen molar-refractivity contribution >= 4 is 30.0 Å². The zero-order valence-electron chi connectivity index (χ0n) is 12.1. The van der Waals surface area contributed by atoms with Gasteiger partial charge in [0.1, 0.15) is 0 Å². The van der Waals surface area contributed by atoms with Gasteiger partial charge in [0, 0.05) is 0 Å². The third kappa shape index (κ3) is 7.46. The molecule has 0 heterocycles. The topological polar surface area (TPSA) is 29.5 Å². The van der Waals surface area contributed by atoms with E-state index in [4.69, 9.17) is 24.1 Å². The predicted molar refractivity (Wildman–Crippen MR) is 80.8 cm³/mol. The summed E-state index contributed by atoms with van der Waals surface area (Å²) in [4.78, 5) is 13.4. The van der Waals surface area contributed by atoms with E-state index in [0.29, 0.717) is 12.1 Å². The van der Waals surface area contributed by atoms with Crippen LogP contribution in [0.4, 0.5) is 4.39 Å². The van der Waals surface area contributed by atoms with Crippen molar-refractivity contribution in [2.24, 2.45) is 0 Å². The number of rotatable bonds is 6. The molecule has 1 aromatic carbocycles. The standard InChI is InChI=1S/C14H18FNO2.2ClH.Ru/c1-10(2)18-14(17)9-16(4)8-12-5-6-13(15)7-11(12)3;;;/h3,5-7,10H,8-9H2,1-2,4H3;2*1H;/q;;;+2/p-2. The van der Waals surface area contributed by atoms with Crippen molar-refractivity contribution in [2.45, 2.75) is 26.5 Å². The SMILES string of the molecule is CC(C)OC(=O)CN(C)Cc1ccc(F)cc1[CH]=[Ru]([Cl])[Cl]. The van der Waals surface area contributed by atoms with Crippen molar-refractivity contribution in [1.29, 1.82) is 0 Å². The van der Waals surface area contributed by atoms with Gasteiger partial charge in [0.25, 0.3) is 0 Å². The molecule has 0 spiro atoms. The molecule has 120 valence electrons. The van der Waals surface area contributed by atoms with Gasteiger partial charge in [0.05, 0.1) is 0 Å². The summed E-state index contributed by atoms with van der Waals surface area (Å²) in [7, 11) is 13.5. The number of ether oxygens (including phenoxy) is 1. The van der Waals surface area contributed by atoms with Crippen LogP contribution in [0.2, 0.25) is 0 Å². The van der Waals surface area contributed by atoms with Gasteiger partial charge in [-0.1, -0.05) is 0 Å². The fraction of sp³-hybridized carbons (Fsp3) is 0.429. The molecule has 0 saturated heterocycles. The van der Waals surface area contributed by atoms with Crippen molar-refractivity contribution in [1.82, 2.24) is 4.90 Å². The number of nitrogens with zero attached hydrogens (tertiary/aromatic N) is 1. The van der Waals surface area contributed by atoms with E-state index in [0.717, 1.165) is 5.56 Å². The van der Waals surface area contributed by atoms with Crippen molar-refractivity contribution in [3.8, 4) is 0 Å². The molecule has 0 fully saturated rings. The second-order valence-corrected chi connectivity index (χ2v) is 10.6. The fourth-order valence-electron chi connectivity index (χ4n) is 1.76. The molecule has 0 N–H and O–H groups in total. The van der Waals surface area contributed by atoms with Crippen LogP contribution in [0, 0.1) is 5.82 Å². The molecular weight excluding hydrogens is 405 g/mol. The van der Waals surface area contributed by atoms with Crippen LogP contribution < -0.4 is 0 Å². The first-order valence-electron chi connectivity index (χ1n) is 6.27. The summed E-state index contributed by atoms with van der Waals surface area (Å²) >= 11 is -2.04. The van der Waals surface area contributed by atoms with Crippen molar-refractivity contribution in [3.63, 3.8) is 0 Å². The molecule has 21 heavy (non-hydrogen) atoms. The van der Waals surface area contributed by atoms with Crippen LogP contribution in [0.3, 0.4) is 0 Å². The molecule has 0 aliphatic heterocycles. The van der Waals surface area contributed by atoms with Crippen molar-refractivity contribution < 1.29 is 27.4 Å². The first-order valence-corrected chi connectivity index (χ1v) is 11.8. The Bertz CT molecular complexity index is 534. The molecule has 0 aromatic heterocycles. The molecule has 0 aliphatic carbocycles. The first-order chi connectivity index (χ1) is 9.77. The van der Waals surface area contributed by atoms with Crippen molar-refractivity contribution in [2.75, 3.05) is 13.6 Å². The fourth-order valence-corrected chi connectivity index (χ4v) is 3.61. The van der Waals surface area contributed by atoms with Crippen LogP contribution >= 0.6 is 19.4 Å². The first kappa shape index (κ1) is 18.7. The van der Waals surface area contributed by atoms with E-state index in [1.54, 1.807) is 36.5 Å². The van der Waals surface area contributed by atoms with Crippen molar-refractivity contribution in [3.05, 3.63) is 35.1 Å². The molecule has 0 radical (unpaired) electrons. The summed E-state index contributed by atoms with van der Waals surface area (Å²) in [6, 6.07) is 4.46. The van der Waals surface area contributed by atoms with Gasteiger partial charge < -0.3 is 0 Å². The van der Waals surface area contributed by atoms with E-state index in [2.05, 4.69) is 0 Å². The van der Waals surface area contributed by atoms with Gasteiger partial charge in [0.2, 0.25) is 0 Å².